The van der Waals surface area contributed by atoms with Crippen molar-refractivity contribution in [1.29, 1.82) is 0 Å². The maximum Gasteiger partial charge on any atom is 0.416 e. The molecule has 0 amide bonds. The maximum absolute atomic E-state index is 14.3. The van der Waals surface area contributed by atoms with E-state index in [2.05, 4.69) is 20.3 Å². The predicted octanol–water partition coefficient (Wildman–Crippen LogP) is 5.92. The number of fused-ring (bicyclic) bond motifs is 1. The third-order valence-corrected chi connectivity index (χ3v) is 4.36. The van der Waals surface area contributed by atoms with E-state index in [9.17, 15) is 27.7 Å². The van der Waals surface area contributed by atoms with E-state index >= 15 is 0 Å². The van der Waals surface area contributed by atoms with E-state index in [-0.39, 0.29) is 46.3 Å². The quantitative estimate of drug-likeness (QED) is 0.228. The number of nitro benzene ring substituents is 1. The van der Waals surface area contributed by atoms with Gasteiger partial charge in [0.05, 0.1) is 21.7 Å². The maximum atomic E-state index is 14.3. The van der Waals surface area contributed by atoms with Gasteiger partial charge in [0.15, 0.2) is 5.82 Å². The molecular weight excluding hydrogens is 454 g/mol. The number of anilines is 2. The second-order valence-electron chi connectivity index (χ2n) is 6.41. The first kappa shape index (κ1) is 22.8. The average Bonchev–Trinajstić information content (AvgIpc) is 2.74. The Morgan fingerprint density at radius 2 is 1.81 bits per heavy atom. The fourth-order valence-corrected chi connectivity index (χ4v) is 2.88. The van der Waals surface area contributed by atoms with Crippen LogP contribution in [-0.4, -0.2) is 19.9 Å². The highest BCUT2D eigenvalue weighted by Crippen LogP contribution is 2.34. The van der Waals surface area contributed by atoms with E-state index in [1.807, 2.05) is 0 Å². The van der Waals surface area contributed by atoms with Gasteiger partial charge in [-0.05, 0) is 36.4 Å². The molecule has 1 N–H and O–H groups in total. The zero-order chi connectivity index (χ0) is 22.2. The number of alkyl halides is 3. The van der Waals surface area contributed by atoms with Gasteiger partial charge in [0.1, 0.15) is 11.6 Å². The lowest BCUT2D eigenvalue weighted by molar-refractivity contribution is -0.384. The van der Waals surface area contributed by atoms with Gasteiger partial charge in [-0.3, -0.25) is 15.1 Å². The molecule has 0 bridgehead atoms. The number of benzene rings is 2. The minimum Gasteiger partial charge on any atom is -0.337 e. The third kappa shape index (κ3) is 4.57. The fourth-order valence-electron chi connectivity index (χ4n) is 2.88. The van der Waals surface area contributed by atoms with E-state index in [0.717, 1.165) is 36.4 Å². The molecule has 2 heterocycles. The molecule has 2 aromatic carbocycles. The van der Waals surface area contributed by atoms with Crippen LogP contribution in [0, 0.1) is 15.9 Å². The van der Waals surface area contributed by atoms with E-state index < -0.39 is 22.5 Å². The summed E-state index contributed by atoms with van der Waals surface area (Å²) in [7, 11) is 0. The second-order valence-corrected chi connectivity index (χ2v) is 6.41. The molecule has 0 aliphatic heterocycles. The van der Waals surface area contributed by atoms with Crippen molar-refractivity contribution >= 4 is 40.5 Å². The number of non-ortho nitro benzene ring substituents is 1. The molecule has 2 aromatic heterocycles. The molecule has 4 rings (SSSR count). The summed E-state index contributed by atoms with van der Waals surface area (Å²) in [6, 6.07) is 8.95. The predicted molar refractivity (Wildman–Crippen MR) is 111 cm³/mol. The highest BCUT2D eigenvalue weighted by Gasteiger charge is 2.31. The van der Waals surface area contributed by atoms with Gasteiger partial charge in [-0.15, -0.1) is 12.4 Å². The molecule has 32 heavy (non-hydrogen) atoms. The van der Waals surface area contributed by atoms with Gasteiger partial charge in [-0.25, -0.2) is 14.4 Å². The van der Waals surface area contributed by atoms with Gasteiger partial charge in [-0.1, -0.05) is 0 Å². The Bertz CT molecular complexity index is 1300. The van der Waals surface area contributed by atoms with Crippen molar-refractivity contribution in [2.75, 3.05) is 5.32 Å². The van der Waals surface area contributed by atoms with Crippen LogP contribution in [0.2, 0.25) is 0 Å². The highest BCUT2D eigenvalue weighted by molar-refractivity contribution is 5.92. The van der Waals surface area contributed by atoms with E-state index in [1.165, 1.54) is 12.4 Å². The van der Waals surface area contributed by atoms with Gasteiger partial charge in [0, 0.05) is 35.5 Å². The van der Waals surface area contributed by atoms with Crippen LogP contribution in [0.25, 0.3) is 22.3 Å². The number of pyridine rings is 1. The second kappa shape index (κ2) is 8.71. The van der Waals surface area contributed by atoms with Crippen LogP contribution < -0.4 is 5.32 Å². The van der Waals surface area contributed by atoms with Gasteiger partial charge >= 0.3 is 6.18 Å². The molecular formula is C20H12ClF4N5O2. The first-order valence-corrected chi connectivity index (χ1v) is 8.73. The van der Waals surface area contributed by atoms with Crippen LogP contribution in [0.5, 0.6) is 0 Å². The number of aromatic nitrogens is 3. The van der Waals surface area contributed by atoms with Crippen molar-refractivity contribution in [3.05, 3.63) is 82.4 Å². The molecule has 12 heteroatoms. The Morgan fingerprint density at radius 3 is 2.47 bits per heavy atom. The van der Waals surface area contributed by atoms with Crippen molar-refractivity contribution < 1.29 is 22.5 Å². The Balaban J connectivity index is 0.00000289. The normalized spacial score (nSPS) is 11.1. The van der Waals surface area contributed by atoms with E-state index in [4.69, 9.17) is 0 Å². The lowest BCUT2D eigenvalue weighted by Gasteiger charge is -2.13. The number of halogens is 5. The summed E-state index contributed by atoms with van der Waals surface area (Å²) in [6.45, 7) is 0. The Labute approximate surface area is 183 Å². The Kier molecular flexibility index (Phi) is 6.21. The smallest absolute Gasteiger partial charge is 0.337 e. The molecule has 0 fully saturated rings. The van der Waals surface area contributed by atoms with Crippen LogP contribution >= 0.6 is 12.4 Å². The number of nitrogens with zero attached hydrogens (tertiary/aromatic N) is 4. The minimum absolute atomic E-state index is 0. The topological polar surface area (TPSA) is 93.8 Å². The Hall–Kier alpha value is -3.86. The number of nitrogens with one attached hydrogen (secondary N) is 1. The van der Waals surface area contributed by atoms with Gasteiger partial charge in [0.2, 0.25) is 0 Å². The number of rotatable bonds is 4. The molecule has 0 atom stereocenters. The number of hydrogen-bond acceptors (Lipinski definition) is 6. The summed E-state index contributed by atoms with van der Waals surface area (Å²) in [6.07, 6.45) is -1.66. The summed E-state index contributed by atoms with van der Waals surface area (Å²) in [4.78, 5) is 22.8. The zero-order valence-electron chi connectivity index (χ0n) is 15.8. The summed E-state index contributed by atoms with van der Waals surface area (Å²) in [5.74, 6) is -0.766. The summed E-state index contributed by atoms with van der Waals surface area (Å²) < 4.78 is 53.8. The molecule has 0 saturated heterocycles. The van der Waals surface area contributed by atoms with Crippen LogP contribution in [-0.2, 0) is 6.18 Å². The molecule has 164 valence electrons. The van der Waals surface area contributed by atoms with E-state index in [0.29, 0.717) is 5.56 Å². The standard InChI is InChI=1S/C20H11F4N5O2.ClH/c21-15-6-4-13(29(30)31)9-17(15)27-19-14-5-3-12(20(22,23)24)8-16(14)26-18(28-19)11-2-1-7-25-10-11;/h1-10H,(H,26,27,28);1H. The first-order valence-electron chi connectivity index (χ1n) is 8.73. The van der Waals surface area contributed by atoms with Crippen LogP contribution in [0.4, 0.5) is 34.8 Å². The van der Waals surface area contributed by atoms with Crippen molar-refractivity contribution in [3.8, 4) is 11.4 Å². The highest BCUT2D eigenvalue weighted by atomic mass is 35.5. The lowest BCUT2D eigenvalue weighted by Crippen LogP contribution is -2.06. The van der Waals surface area contributed by atoms with Crippen LogP contribution in [0.1, 0.15) is 5.56 Å². The zero-order valence-corrected chi connectivity index (χ0v) is 16.6. The van der Waals surface area contributed by atoms with Gasteiger partial charge < -0.3 is 5.32 Å². The summed E-state index contributed by atoms with van der Waals surface area (Å²) in [5.41, 5.74) is -1.16. The average molecular weight is 466 g/mol. The number of nitro groups is 1. The van der Waals surface area contributed by atoms with Gasteiger partial charge in [-0.2, -0.15) is 13.2 Å². The molecule has 4 aromatic rings. The first-order chi connectivity index (χ1) is 14.7. The van der Waals surface area contributed by atoms with Crippen molar-refractivity contribution in [3.63, 3.8) is 0 Å². The summed E-state index contributed by atoms with van der Waals surface area (Å²) in [5, 5.41) is 13.8. The van der Waals surface area contributed by atoms with E-state index in [1.54, 1.807) is 12.1 Å². The minimum atomic E-state index is -4.59. The number of hydrogen-bond donors (Lipinski definition) is 1. The fraction of sp³-hybridized carbons (Fsp3) is 0.0500. The summed E-state index contributed by atoms with van der Waals surface area (Å²) >= 11 is 0. The molecule has 0 spiro atoms. The molecule has 0 aliphatic carbocycles. The van der Waals surface area contributed by atoms with Crippen LogP contribution in [0.3, 0.4) is 0 Å². The molecule has 0 unspecified atom stereocenters. The van der Waals surface area contributed by atoms with Gasteiger partial charge in [0.25, 0.3) is 5.69 Å². The van der Waals surface area contributed by atoms with Crippen molar-refractivity contribution in [1.82, 2.24) is 15.0 Å². The monoisotopic (exact) mass is 465 g/mol. The molecule has 7 nitrogen and oxygen atoms in total. The van der Waals surface area contributed by atoms with Crippen LogP contribution in [0.15, 0.2) is 60.9 Å². The third-order valence-electron chi connectivity index (χ3n) is 4.36. The lowest BCUT2D eigenvalue weighted by atomic mass is 10.1. The SMILES string of the molecule is Cl.O=[N+]([O-])c1ccc(F)c(Nc2nc(-c3cccnc3)nc3cc(C(F)(F)F)ccc23)c1. The molecule has 0 radical (unpaired) electrons. The van der Waals surface area contributed by atoms with Crippen molar-refractivity contribution in [2.45, 2.75) is 6.18 Å². The Morgan fingerprint density at radius 1 is 1.03 bits per heavy atom. The molecule has 0 aliphatic rings. The molecule has 0 saturated carbocycles. The van der Waals surface area contributed by atoms with Crippen molar-refractivity contribution in [2.24, 2.45) is 0 Å². The largest absolute Gasteiger partial charge is 0.416 e.